The highest BCUT2D eigenvalue weighted by molar-refractivity contribution is 6.03. The first-order chi connectivity index (χ1) is 15.5. The van der Waals surface area contributed by atoms with Crippen molar-refractivity contribution in [1.29, 1.82) is 0 Å². The third-order valence-corrected chi connectivity index (χ3v) is 4.70. The maximum Gasteiger partial charge on any atom is 0.346 e. The monoisotopic (exact) mass is 434 g/mol. The summed E-state index contributed by atoms with van der Waals surface area (Å²) in [5, 5.41) is 9.05. The van der Waals surface area contributed by atoms with Gasteiger partial charge in [-0.15, -0.1) is 0 Å². The first-order valence-electron chi connectivity index (χ1n) is 9.65. The summed E-state index contributed by atoms with van der Waals surface area (Å²) in [7, 11) is 0. The lowest BCUT2D eigenvalue weighted by atomic mass is 10.1. The fraction of sp³-hybridized carbons (Fsp3) is 0.125. The topological polar surface area (TPSA) is 108 Å². The molecule has 0 atom stereocenters. The Labute approximate surface area is 182 Å². The van der Waals surface area contributed by atoms with Gasteiger partial charge in [-0.3, -0.25) is 0 Å². The third-order valence-electron chi connectivity index (χ3n) is 4.70. The average Bonchev–Trinajstić information content (AvgIpc) is 3.30. The molecular weight excluding hydrogens is 416 g/mol. The summed E-state index contributed by atoms with van der Waals surface area (Å²) >= 11 is 0. The van der Waals surface area contributed by atoms with Crippen LogP contribution < -0.4 is 9.47 Å². The Morgan fingerprint density at radius 3 is 2.16 bits per heavy atom. The van der Waals surface area contributed by atoms with E-state index in [0.29, 0.717) is 17.1 Å². The van der Waals surface area contributed by atoms with E-state index in [2.05, 4.69) is 0 Å². The van der Waals surface area contributed by atoms with E-state index < -0.39 is 17.9 Å². The molecule has 0 radical (unpaired) electrons. The molecule has 3 aromatic rings. The molecule has 0 saturated heterocycles. The Bertz CT molecular complexity index is 1170. The fourth-order valence-electron chi connectivity index (χ4n) is 2.98. The maximum atomic E-state index is 12.4. The van der Waals surface area contributed by atoms with E-state index in [4.69, 9.17) is 24.1 Å². The number of hydrogen-bond donors (Lipinski definition) is 1. The lowest BCUT2D eigenvalue weighted by molar-refractivity contribution is 0.0397. The van der Waals surface area contributed by atoms with Crippen molar-refractivity contribution in [3.05, 3.63) is 94.5 Å². The van der Waals surface area contributed by atoms with Gasteiger partial charge in [0.25, 0.3) is 0 Å². The molecule has 3 aromatic carbocycles. The zero-order chi connectivity index (χ0) is 22.5. The van der Waals surface area contributed by atoms with Crippen LogP contribution in [-0.2, 0) is 22.7 Å². The van der Waals surface area contributed by atoms with Gasteiger partial charge in [0.15, 0.2) is 11.5 Å². The number of benzene rings is 3. The van der Waals surface area contributed by atoms with Gasteiger partial charge in [0.1, 0.15) is 6.61 Å². The highest BCUT2D eigenvalue weighted by Gasteiger charge is 2.18. The van der Waals surface area contributed by atoms with Crippen molar-refractivity contribution in [1.82, 2.24) is 0 Å². The second-order valence-electron chi connectivity index (χ2n) is 6.88. The van der Waals surface area contributed by atoms with Crippen LogP contribution in [0.2, 0.25) is 0 Å². The normalized spacial score (nSPS) is 11.7. The molecule has 32 heavy (non-hydrogen) atoms. The van der Waals surface area contributed by atoms with Crippen LogP contribution in [0.5, 0.6) is 11.5 Å². The number of rotatable bonds is 6. The highest BCUT2D eigenvalue weighted by Crippen LogP contribution is 2.32. The molecule has 1 heterocycles. The van der Waals surface area contributed by atoms with Crippen LogP contribution in [0.1, 0.15) is 42.2 Å². The van der Waals surface area contributed by atoms with Crippen molar-refractivity contribution in [3.8, 4) is 11.5 Å². The molecule has 8 nitrogen and oxygen atoms in total. The van der Waals surface area contributed by atoms with E-state index in [-0.39, 0.29) is 36.7 Å². The summed E-state index contributed by atoms with van der Waals surface area (Å²) in [6.07, 6.45) is 0. The van der Waals surface area contributed by atoms with Crippen molar-refractivity contribution >= 4 is 17.9 Å². The number of esters is 3. The summed E-state index contributed by atoms with van der Waals surface area (Å²) in [5.41, 5.74) is 1.67. The van der Waals surface area contributed by atoms with Gasteiger partial charge in [0, 0.05) is 0 Å². The molecule has 0 bridgehead atoms. The number of hydrogen-bond acceptors (Lipinski definition) is 8. The van der Waals surface area contributed by atoms with Gasteiger partial charge >= 0.3 is 17.9 Å². The standard InChI is InChI=1S/C24H18O8/c25-12-15-4-7-17(8-5-15)23(27)32-24(28)19-3-1-2-18(11-19)22(26)29-13-16-6-9-20-21(10-16)31-14-30-20/h1-11,25H,12-14H2. The smallest absolute Gasteiger partial charge is 0.346 e. The Hall–Kier alpha value is -4.17. The zero-order valence-electron chi connectivity index (χ0n) is 16.8. The van der Waals surface area contributed by atoms with Crippen molar-refractivity contribution in [2.45, 2.75) is 13.2 Å². The van der Waals surface area contributed by atoms with E-state index in [1.807, 2.05) is 0 Å². The summed E-state index contributed by atoms with van der Waals surface area (Å²) in [6.45, 7) is -0.00375. The highest BCUT2D eigenvalue weighted by atomic mass is 16.7. The number of fused-ring (bicyclic) bond motifs is 1. The van der Waals surface area contributed by atoms with Gasteiger partial charge in [-0.2, -0.15) is 0 Å². The van der Waals surface area contributed by atoms with Gasteiger partial charge in [-0.05, 0) is 53.6 Å². The van der Waals surface area contributed by atoms with Gasteiger partial charge in [-0.25, -0.2) is 14.4 Å². The molecule has 1 aliphatic heterocycles. The molecule has 1 aliphatic rings. The van der Waals surface area contributed by atoms with Crippen molar-refractivity contribution < 1.29 is 38.4 Å². The molecule has 1 N–H and O–H groups in total. The molecular formula is C24H18O8. The van der Waals surface area contributed by atoms with Crippen molar-refractivity contribution in [3.63, 3.8) is 0 Å². The van der Waals surface area contributed by atoms with Gasteiger partial charge in [0.05, 0.1) is 23.3 Å². The van der Waals surface area contributed by atoms with Gasteiger partial charge in [0.2, 0.25) is 6.79 Å². The molecule has 0 saturated carbocycles. The molecule has 0 aliphatic carbocycles. The second kappa shape index (κ2) is 9.32. The second-order valence-corrected chi connectivity index (χ2v) is 6.88. The van der Waals surface area contributed by atoms with Crippen LogP contribution in [0.25, 0.3) is 0 Å². The predicted octanol–water partition coefficient (Wildman–Crippen LogP) is 3.26. The van der Waals surface area contributed by atoms with E-state index in [0.717, 1.165) is 5.56 Å². The van der Waals surface area contributed by atoms with Crippen molar-refractivity contribution in [2.75, 3.05) is 6.79 Å². The average molecular weight is 434 g/mol. The molecule has 162 valence electrons. The molecule has 8 heteroatoms. The summed E-state index contributed by atoms with van der Waals surface area (Å²) in [5.74, 6) is -1.16. The molecule has 0 unspecified atom stereocenters. The summed E-state index contributed by atoms with van der Waals surface area (Å²) < 4.78 is 20.7. The summed E-state index contributed by atoms with van der Waals surface area (Å²) in [4.78, 5) is 36.9. The predicted molar refractivity (Wildman–Crippen MR) is 110 cm³/mol. The van der Waals surface area contributed by atoms with E-state index in [1.165, 1.54) is 36.4 Å². The van der Waals surface area contributed by atoms with Gasteiger partial charge < -0.3 is 24.1 Å². The number of carbonyl (C=O) groups is 3. The molecule has 0 fully saturated rings. The van der Waals surface area contributed by atoms with Crippen LogP contribution in [0.15, 0.2) is 66.7 Å². The molecule has 0 aromatic heterocycles. The Morgan fingerprint density at radius 2 is 1.41 bits per heavy atom. The number of aliphatic hydroxyl groups is 1. The Kier molecular flexibility index (Phi) is 6.14. The van der Waals surface area contributed by atoms with Crippen LogP contribution in [0, 0.1) is 0 Å². The molecule has 4 rings (SSSR count). The Morgan fingerprint density at radius 1 is 0.750 bits per heavy atom. The minimum absolute atomic E-state index is 0.00642. The zero-order valence-corrected chi connectivity index (χ0v) is 16.8. The third kappa shape index (κ3) is 4.76. The SMILES string of the molecule is O=C(OCc1ccc2c(c1)OCO2)c1cccc(C(=O)OC(=O)c2ccc(CO)cc2)c1. The lowest BCUT2D eigenvalue weighted by Crippen LogP contribution is -2.14. The first kappa shape index (κ1) is 21.1. The number of ether oxygens (including phenoxy) is 4. The maximum absolute atomic E-state index is 12.4. The largest absolute Gasteiger partial charge is 0.457 e. The van der Waals surface area contributed by atoms with Crippen molar-refractivity contribution in [2.24, 2.45) is 0 Å². The number of aliphatic hydroxyl groups excluding tert-OH is 1. The molecule has 0 spiro atoms. The molecule has 0 amide bonds. The lowest BCUT2D eigenvalue weighted by Gasteiger charge is -2.08. The van der Waals surface area contributed by atoms with Crippen LogP contribution in [-0.4, -0.2) is 29.8 Å². The first-order valence-corrected chi connectivity index (χ1v) is 9.65. The van der Waals surface area contributed by atoms with E-state index >= 15 is 0 Å². The minimum atomic E-state index is -0.897. The van der Waals surface area contributed by atoms with E-state index in [1.54, 1.807) is 30.3 Å². The van der Waals surface area contributed by atoms with Crippen LogP contribution >= 0.6 is 0 Å². The van der Waals surface area contributed by atoms with Crippen LogP contribution in [0.3, 0.4) is 0 Å². The van der Waals surface area contributed by atoms with Gasteiger partial charge in [-0.1, -0.05) is 24.3 Å². The summed E-state index contributed by atoms with van der Waals surface area (Å²) in [6, 6.07) is 16.9. The quantitative estimate of drug-likeness (QED) is 0.465. The minimum Gasteiger partial charge on any atom is -0.457 e. The van der Waals surface area contributed by atoms with Crippen LogP contribution in [0.4, 0.5) is 0 Å². The number of carbonyl (C=O) groups excluding carboxylic acids is 3. The Balaban J connectivity index is 1.37. The fourth-order valence-corrected chi connectivity index (χ4v) is 2.98. The van der Waals surface area contributed by atoms with E-state index in [9.17, 15) is 14.4 Å².